The van der Waals surface area contributed by atoms with Gasteiger partial charge in [0.05, 0.1) is 16.0 Å². The van der Waals surface area contributed by atoms with Crippen LogP contribution >= 0.6 is 0 Å². The third-order valence-electron chi connectivity index (χ3n) is 6.91. The molecule has 0 saturated heterocycles. The van der Waals surface area contributed by atoms with Crippen molar-refractivity contribution in [3.05, 3.63) is 98.9 Å². The lowest BCUT2D eigenvalue weighted by atomic mass is 9.82. The third-order valence-corrected chi connectivity index (χ3v) is 6.91. The second-order valence-electron chi connectivity index (χ2n) is 9.25. The van der Waals surface area contributed by atoms with Crippen LogP contribution in [0.4, 0.5) is 5.69 Å². The average Bonchev–Trinajstić information content (AvgIpc) is 3.45. The number of aromatic amines is 1. The largest absolute Gasteiger partial charge is 0.454 e. The Hall–Kier alpha value is -4.57. The molecule has 2 atom stereocenters. The van der Waals surface area contributed by atoms with Crippen LogP contribution in [0, 0.1) is 10.1 Å². The number of para-hydroxylation sites is 2. The van der Waals surface area contributed by atoms with Crippen LogP contribution in [0.2, 0.25) is 0 Å². The minimum atomic E-state index is -2.55. The second kappa shape index (κ2) is 7.22. The van der Waals surface area contributed by atoms with Crippen LogP contribution in [0.25, 0.3) is 11.0 Å². The van der Waals surface area contributed by atoms with Gasteiger partial charge in [0.2, 0.25) is 11.3 Å². The number of carbonyl (C=O) groups is 2. The molecule has 2 aliphatic rings. The van der Waals surface area contributed by atoms with Crippen LogP contribution in [0.15, 0.2) is 60.7 Å². The standard InChI is InChI=1S/C26H20N4O6/c1-13(2)14-10-11-16-20(12-14)36-26(33)21-15(6-5-9-19(21)30(34)35)22(31)25(16,26)29-24(32)23-27-17-7-3-4-8-18(17)28-23/h3-13,33H,1-2H3,(H,27,28)(H,29,32). The number of benzene rings is 3. The zero-order valence-electron chi connectivity index (χ0n) is 19.2. The number of fused-ring (bicyclic) bond motifs is 6. The Balaban J connectivity index is 1.57. The fraction of sp³-hybridized carbons (Fsp3) is 0.192. The molecule has 1 aliphatic carbocycles. The van der Waals surface area contributed by atoms with Crippen molar-refractivity contribution in [3.63, 3.8) is 0 Å². The number of nitrogens with zero attached hydrogens (tertiary/aromatic N) is 2. The van der Waals surface area contributed by atoms with E-state index in [0.717, 1.165) is 5.56 Å². The van der Waals surface area contributed by atoms with Gasteiger partial charge in [0.25, 0.3) is 17.4 Å². The zero-order chi connectivity index (χ0) is 25.4. The number of nitro benzene ring substituents is 1. The molecule has 0 spiro atoms. The van der Waals surface area contributed by atoms with Gasteiger partial charge in [-0.05, 0) is 29.7 Å². The predicted octanol–water partition coefficient (Wildman–Crippen LogP) is 3.65. The first-order valence-corrected chi connectivity index (χ1v) is 11.3. The fourth-order valence-corrected chi connectivity index (χ4v) is 5.16. The molecule has 1 amide bonds. The summed E-state index contributed by atoms with van der Waals surface area (Å²) in [6.45, 7) is 3.94. The SMILES string of the molecule is CC(C)c1ccc2c(c1)OC1(O)c3c(cccc3[N+](=O)[O-])C(=O)C21NC(=O)c1nc2ccccc2[nH]1. The predicted molar refractivity (Wildman–Crippen MR) is 128 cm³/mol. The number of aliphatic hydroxyl groups is 1. The van der Waals surface area contributed by atoms with Gasteiger partial charge in [-0.3, -0.25) is 19.7 Å². The Kier molecular flexibility index (Phi) is 4.40. The van der Waals surface area contributed by atoms with Crippen LogP contribution in [0.1, 0.15) is 57.4 Å². The molecule has 2 unspecified atom stereocenters. The fourth-order valence-electron chi connectivity index (χ4n) is 5.16. The monoisotopic (exact) mass is 484 g/mol. The van der Waals surface area contributed by atoms with Crippen molar-refractivity contribution in [2.45, 2.75) is 31.1 Å². The first kappa shape index (κ1) is 21.9. The number of imidazole rings is 1. The van der Waals surface area contributed by atoms with Crippen molar-refractivity contribution < 1.29 is 24.4 Å². The molecular weight excluding hydrogens is 464 g/mol. The average molecular weight is 484 g/mol. The lowest BCUT2D eigenvalue weighted by Crippen LogP contribution is -2.60. The Morgan fingerprint density at radius 2 is 1.94 bits per heavy atom. The number of nitro groups is 1. The minimum Gasteiger partial charge on any atom is -0.454 e. The number of amides is 1. The molecule has 3 N–H and O–H groups in total. The number of aromatic nitrogens is 2. The quantitative estimate of drug-likeness (QED) is 0.296. The maximum atomic E-state index is 14.0. The number of hydrogen-bond donors (Lipinski definition) is 3. The van der Waals surface area contributed by atoms with Gasteiger partial charge in [0.1, 0.15) is 11.3 Å². The maximum absolute atomic E-state index is 14.0. The summed E-state index contributed by atoms with van der Waals surface area (Å²) in [6, 6.07) is 16.0. The molecule has 2 heterocycles. The van der Waals surface area contributed by atoms with Gasteiger partial charge >= 0.3 is 0 Å². The van der Waals surface area contributed by atoms with E-state index in [1.165, 1.54) is 18.2 Å². The Morgan fingerprint density at radius 1 is 1.17 bits per heavy atom. The van der Waals surface area contributed by atoms with Crippen molar-refractivity contribution >= 4 is 28.4 Å². The molecule has 6 rings (SSSR count). The molecule has 0 fully saturated rings. The van der Waals surface area contributed by atoms with Crippen LogP contribution in [-0.4, -0.2) is 31.7 Å². The zero-order valence-corrected chi connectivity index (χ0v) is 19.2. The molecule has 0 saturated carbocycles. The summed E-state index contributed by atoms with van der Waals surface area (Å²) in [5.74, 6) is -3.87. The minimum absolute atomic E-state index is 0.0848. The lowest BCUT2D eigenvalue weighted by Gasteiger charge is -2.33. The molecule has 3 aromatic carbocycles. The molecule has 10 nitrogen and oxygen atoms in total. The van der Waals surface area contributed by atoms with Crippen LogP contribution in [0.5, 0.6) is 5.75 Å². The number of ether oxygens (including phenoxy) is 1. The third kappa shape index (κ3) is 2.67. The van der Waals surface area contributed by atoms with Gasteiger partial charge in [0, 0.05) is 17.2 Å². The summed E-state index contributed by atoms with van der Waals surface area (Å²) in [7, 11) is 0. The van der Waals surface area contributed by atoms with Crippen LogP contribution in [0.3, 0.4) is 0 Å². The normalized spacial score (nSPS) is 21.7. The van der Waals surface area contributed by atoms with E-state index in [0.29, 0.717) is 11.0 Å². The lowest BCUT2D eigenvalue weighted by molar-refractivity contribution is -0.388. The van der Waals surface area contributed by atoms with E-state index in [2.05, 4.69) is 15.3 Å². The summed E-state index contributed by atoms with van der Waals surface area (Å²) in [5.41, 5.74) is -0.834. The Morgan fingerprint density at radius 3 is 2.67 bits per heavy atom. The molecule has 1 aliphatic heterocycles. The molecule has 1 aromatic heterocycles. The molecular formula is C26H20N4O6. The van der Waals surface area contributed by atoms with Crippen molar-refractivity contribution in [3.8, 4) is 5.75 Å². The molecule has 10 heteroatoms. The summed E-state index contributed by atoms with van der Waals surface area (Å²) in [5, 5.41) is 26.6. The van der Waals surface area contributed by atoms with E-state index in [4.69, 9.17) is 4.74 Å². The van der Waals surface area contributed by atoms with Gasteiger partial charge in [-0.1, -0.05) is 50.2 Å². The highest BCUT2D eigenvalue weighted by Crippen LogP contribution is 2.60. The molecule has 0 bridgehead atoms. The van der Waals surface area contributed by atoms with Gasteiger partial charge in [0.15, 0.2) is 5.82 Å². The van der Waals surface area contributed by atoms with Crippen LogP contribution < -0.4 is 10.1 Å². The number of rotatable bonds is 4. The Labute approximate surface area is 204 Å². The number of hydrogen-bond acceptors (Lipinski definition) is 7. The van der Waals surface area contributed by atoms with Crippen LogP contribution in [-0.2, 0) is 11.3 Å². The van der Waals surface area contributed by atoms with Crippen molar-refractivity contribution in [1.29, 1.82) is 0 Å². The highest BCUT2D eigenvalue weighted by atomic mass is 16.6. The van der Waals surface area contributed by atoms with E-state index < -0.39 is 33.6 Å². The second-order valence-corrected chi connectivity index (χ2v) is 9.25. The first-order valence-electron chi connectivity index (χ1n) is 11.3. The van der Waals surface area contributed by atoms with Crippen molar-refractivity contribution in [2.24, 2.45) is 0 Å². The topological polar surface area (TPSA) is 147 Å². The smallest absolute Gasteiger partial charge is 0.288 e. The van der Waals surface area contributed by atoms with Gasteiger partial charge in [-0.2, -0.15) is 0 Å². The summed E-state index contributed by atoms with van der Waals surface area (Å²) < 4.78 is 5.98. The number of carbonyl (C=O) groups excluding carboxylic acids is 2. The van der Waals surface area contributed by atoms with E-state index in [1.54, 1.807) is 42.5 Å². The van der Waals surface area contributed by atoms with Gasteiger partial charge < -0.3 is 20.1 Å². The maximum Gasteiger partial charge on any atom is 0.288 e. The van der Waals surface area contributed by atoms with E-state index >= 15 is 0 Å². The van der Waals surface area contributed by atoms with Gasteiger partial charge in [-0.25, -0.2) is 4.98 Å². The molecule has 36 heavy (non-hydrogen) atoms. The summed E-state index contributed by atoms with van der Waals surface area (Å²) >= 11 is 0. The van der Waals surface area contributed by atoms with E-state index in [1.807, 2.05) is 13.8 Å². The van der Waals surface area contributed by atoms with Crippen molar-refractivity contribution in [1.82, 2.24) is 15.3 Å². The molecule has 0 radical (unpaired) electrons. The molecule has 180 valence electrons. The number of H-pyrrole nitrogens is 1. The highest BCUT2D eigenvalue weighted by Gasteiger charge is 2.73. The van der Waals surface area contributed by atoms with Gasteiger partial charge in [-0.15, -0.1) is 0 Å². The summed E-state index contributed by atoms with van der Waals surface area (Å²) in [4.78, 5) is 45.9. The number of Topliss-reactive ketones (excluding diaryl/α,β-unsaturated/α-hetero) is 1. The van der Waals surface area contributed by atoms with Crippen molar-refractivity contribution in [2.75, 3.05) is 0 Å². The molecule has 4 aromatic rings. The number of ketones is 1. The number of nitrogens with one attached hydrogen (secondary N) is 2. The van der Waals surface area contributed by atoms with E-state index in [-0.39, 0.29) is 34.2 Å². The summed E-state index contributed by atoms with van der Waals surface area (Å²) in [6.07, 6.45) is 0. The Bertz CT molecular complexity index is 1590. The first-order chi connectivity index (χ1) is 17.2. The highest BCUT2D eigenvalue weighted by molar-refractivity contribution is 6.14. The van der Waals surface area contributed by atoms with E-state index in [9.17, 15) is 24.8 Å².